The highest BCUT2D eigenvalue weighted by Crippen LogP contribution is 2.28. The molecule has 1 atom stereocenters. The van der Waals surface area contributed by atoms with Crippen LogP contribution in [0, 0.1) is 0 Å². The van der Waals surface area contributed by atoms with Crippen LogP contribution >= 0.6 is 0 Å². The molecule has 0 spiro atoms. The number of hydrogen-bond donors (Lipinski definition) is 1. The Bertz CT molecular complexity index is 817. The molecule has 2 aromatic heterocycles. The van der Waals surface area contributed by atoms with Crippen molar-refractivity contribution in [3.63, 3.8) is 0 Å². The SMILES string of the molecule is CC(c1ccc(-c2cnc(N)n3cnnc23)cc1)N1CCCC1. The van der Waals surface area contributed by atoms with Crippen molar-refractivity contribution in [2.45, 2.75) is 25.8 Å². The molecule has 0 radical (unpaired) electrons. The molecule has 1 aliphatic rings. The molecule has 6 heteroatoms. The van der Waals surface area contributed by atoms with E-state index in [1.54, 1.807) is 16.9 Å². The fraction of sp³-hybridized carbons (Fsp3) is 0.353. The molecule has 0 bridgehead atoms. The lowest BCUT2D eigenvalue weighted by Crippen LogP contribution is -2.23. The molecule has 1 aliphatic heterocycles. The normalized spacial score (nSPS) is 16.9. The van der Waals surface area contributed by atoms with Gasteiger partial charge in [0.05, 0.1) is 0 Å². The monoisotopic (exact) mass is 308 g/mol. The summed E-state index contributed by atoms with van der Waals surface area (Å²) in [5, 5.41) is 8.09. The zero-order valence-electron chi connectivity index (χ0n) is 13.2. The zero-order valence-corrected chi connectivity index (χ0v) is 13.2. The number of nitrogen functional groups attached to an aromatic ring is 1. The number of fused-ring (bicyclic) bond motifs is 1. The minimum Gasteiger partial charge on any atom is -0.369 e. The summed E-state index contributed by atoms with van der Waals surface area (Å²) in [4.78, 5) is 6.77. The Morgan fingerprint density at radius 1 is 1.13 bits per heavy atom. The largest absolute Gasteiger partial charge is 0.369 e. The number of rotatable bonds is 3. The molecule has 0 saturated carbocycles. The maximum atomic E-state index is 5.85. The first-order valence-electron chi connectivity index (χ1n) is 8.02. The lowest BCUT2D eigenvalue weighted by Gasteiger charge is -2.24. The highest BCUT2D eigenvalue weighted by atomic mass is 15.3. The molecule has 3 heterocycles. The number of nitrogens with two attached hydrogens (primary N) is 1. The first kappa shape index (κ1) is 14.1. The fourth-order valence-corrected chi connectivity index (χ4v) is 3.32. The van der Waals surface area contributed by atoms with E-state index in [0.29, 0.717) is 12.0 Å². The van der Waals surface area contributed by atoms with E-state index in [2.05, 4.69) is 51.3 Å². The Morgan fingerprint density at radius 2 is 1.87 bits per heavy atom. The Hall–Kier alpha value is -2.47. The smallest absolute Gasteiger partial charge is 0.207 e. The van der Waals surface area contributed by atoms with Crippen LogP contribution in [0.2, 0.25) is 0 Å². The standard InChI is InChI=1S/C17H20N6/c1-12(22-8-2-3-9-22)13-4-6-14(7-5-13)15-10-19-17(18)23-11-20-21-16(15)23/h4-7,10-12H,2-3,8-9H2,1H3,(H2,18,19). The maximum Gasteiger partial charge on any atom is 0.207 e. The van der Waals surface area contributed by atoms with E-state index in [4.69, 9.17) is 5.73 Å². The van der Waals surface area contributed by atoms with Crippen molar-refractivity contribution < 1.29 is 0 Å². The Morgan fingerprint density at radius 3 is 2.61 bits per heavy atom. The third-order valence-electron chi connectivity index (χ3n) is 4.75. The highest BCUT2D eigenvalue weighted by molar-refractivity contribution is 5.77. The Kier molecular flexibility index (Phi) is 3.46. The molecule has 2 N–H and O–H groups in total. The fourth-order valence-electron chi connectivity index (χ4n) is 3.32. The van der Waals surface area contributed by atoms with Crippen molar-refractivity contribution in [1.29, 1.82) is 0 Å². The second kappa shape index (κ2) is 5.62. The average molecular weight is 308 g/mol. The van der Waals surface area contributed by atoms with E-state index in [1.165, 1.54) is 31.5 Å². The van der Waals surface area contributed by atoms with Gasteiger partial charge in [0.2, 0.25) is 5.95 Å². The Balaban J connectivity index is 1.67. The van der Waals surface area contributed by atoms with Crippen molar-refractivity contribution in [2.75, 3.05) is 18.8 Å². The first-order chi connectivity index (χ1) is 11.2. The van der Waals surface area contributed by atoms with Gasteiger partial charge >= 0.3 is 0 Å². The molecule has 0 aliphatic carbocycles. The van der Waals surface area contributed by atoms with Crippen LogP contribution in [0.1, 0.15) is 31.4 Å². The third-order valence-corrected chi connectivity index (χ3v) is 4.75. The predicted octanol–water partition coefficient (Wildman–Crippen LogP) is 2.53. The van der Waals surface area contributed by atoms with Gasteiger partial charge in [0, 0.05) is 17.8 Å². The second-order valence-electron chi connectivity index (χ2n) is 6.10. The van der Waals surface area contributed by atoms with Crippen molar-refractivity contribution in [1.82, 2.24) is 24.5 Å². The molecule has 1 aromatic carbocycles. The van der Waals surface area contributed by atoms with Gasteiger partial charge in [-0.15, -0.1) is 10.2 Å². The minimum atomic E-state index is 0.396. The summed E-state index contributed by atoms with van der Waals surface area (Å²) >= 11 is 0. The number of nitrogens with zero attached hydrogens (tertiary/aromatic N) is 5. The van der Waals surface area contributed by atoms with Gasteiger partial charge in [0.15, 0.2) is 5.65 Å². The van der Waals surface area contributed by atoms with Crippen molar-refractivity contribution in [3.8, 4) is 11.1 Å². The molecular weight excluding hydrogens is 288 g/mol. The molecule has 4 rings (SSSR count). The summed E-state index contributed by atoms with van der Waals surface area (Å²) in [6, 6.07) is 9.11. The second-order valence-corrected chi connectivity index (χ2v) is 6.10. The molecule has 0 amide bonds. The first-order valence-corrected chi connectivity index (χ1v) is 8.02. The summed E-state index contributed by atoms with van der Waals surface area (Å²) in [7, 11) is 0. The van der Waals surface area contributed by atoms with Gasteiger partial charge in [-0.1, -0.05) is 24.3 Å². The van der Waals surface area contributed by atoms with Crippen LogP contribution in [-0.4, -0.2) is 37.6 Å². The van der Waals surface area contributed by atoms with Gasteiger partial charge in [-0.3, -0.25) is 9.30 Å². The predicted molar refractivity (Wildman–Crippen MR) is 89.9 cm³/mol. The topological polar surface area (TPSA) is 72.3 Å². The van der Waals surface area contributed by atoms with E-state index < -0.39 is 0 Å². The maximum absolute atomic E-state index is 5.85. The van der Waals surface area contributed by atoms with E-state index in [0.717, 1.165) is 16.8 Å². The number of anilines is 1. The average Bonchev–Trinajstić information content (AvgIpc) is 3.27. The molecule has 3 aromatic rings. The quantitative estimate of drug-likeness (QED) is 0.805. The number of aromatic nitrogens is 4. The van der Waals surface area contributed by atoms with Crippen molar-refractivity contribution in [3.05, 3.63) is 42.4 Å². The van der Waals surface area contributed by atoms with Crippen LogP contribution < -0.4 is 5.73 Å². The Labute approximate surface area is 135 Å². The van der Waals surface area contributed by atoms with Gasteiger partial charge in [0.25, 0.3) is 0 Å². The minimum absolute atomic E-state index is 0.396. The zero-order chi connectivity index (χ0) is 15.8. The summed E-state index contributed by atoms with van der Waals surface area (Å²) in [6.07, 6.45) is 5.97. The number of benzene rings is 1. The van der Waals surface area contributed by atoms with Crippen LogP contribution in [0.3, 0.4) is 0 Å². The summed E-state index contributed by atoms with van der Waals surface area (Å²) in [5.74, 6) is 0.396. The van der Waals surface area contributed by atoms with Crippen LogP contribution in [-0.2, 0) is 0 Å². The van der Waals surface area contributed by atoms with Gasteiger partial charge in [0.1, 0.15) is 6.33 Å². The van der Waals surface area contributed by atoms with E-state index in [-0.39, 0.29) is 0 Å². The van der Waals surface area contributed by atoms with E-state index >= 15 is 0 Å². The number of hydrogen-bond acceptors (Lipinski definition) is 5. The van der Waals surface area contributed by atoms with Gasteiger partial charge in [-0.05, 0) is 44.0 Å². The van der Waals surface area contributed by atoms with Crippen LogP contribution in [0.15, 0.2) is 36.8 Å². The lowest BCUT2D eigenvalue weighted by molar-refractivity contribution is 0.263. The van der Waals surface area contributed by atoms with Gasteiger partial charge in [-0.25, -0.2) is 4.98 Å². The van der Waals surface area contributed by atoms with E-state index in [1.807, 2.05) is 0 Å². The molecule has 23 heavy (non-hydrogen) atoms. The summed E-state index contributed by atoms with van der Waals surface area (Å²) in [6.45, 7) is 4.68. The summed E-state index contributed by atoms with van der Waals surface area (Å²) in [5.41, 5.74) is 9.94. The highest BCUT2D eigenvalue weighted by Gasteiger charge is 2.19. The third kappa shape index (κ3) is 2.45. The van der Waals surface area contributed by atoms with Crippen LogP contribution in [0.25, 0.3) is 16.8 Å². The van der Waals surface area contributed by atoms with Crippen LogP contribution in [0.4, 0.5) is 5.95 Å². The lowest BCUT2D eigenvalue weighted by atomic mass is 10.0. The molecule has 1 saturated heterocycles. The van der Waals surface area contributed by atoms with Gasteiger partial charge in [-0.2, -0.15) is 0 Å². The number of likely N-dealkylation sites (tertiary alicyclic amines) is 1. The van der Waals surface area contributed by atoms with E-state index in [9.17, 15) is 0 Å². The molecule has 1 unspecified atom stereocenters. The molecule has 118 valence electrons. The van der Waals surface area contributed by atoms with Crippen molar-refractivity contribution in [2.24, 2.45) is 0 Å². The summed E-state index contributed by atoms with van der Waals surface area (Å²) < 4.78 is 1.70. The molecular formula is C17H20N6. The van der Waals surface area contributed by atoms with Crippen molar-refractivity contribution >= 4 is 11.6 Å². The van der Waals surface area contributed by atoms with Gasteiger partial charge < -0.3 is 5.73 Å². The molecule has 1 fully saturated rings. The van der Waals surface area contributed by atoms with Crippen LogP contribution in [0.5, 0.6) is 0 Å². The molecule has 6 nitrogen and oxygen atoms in total.